The van der Waals surface area contributed by atoms with Crippen molar-refractivity contribution in [1.29, 1.82) is 0 Å². The average Bonchev–Trinajstić information content (AvgIpc) is 2.60. The largest absolute Gasteiger partial charge is 0.496 e. The van der Waals surface area contributed by atoms with Crippen molar-refractivity contribution in [3.05, 3.63) is 58.6 Å². The number of hydrogen-bond donors (Lipinski definition) is 1. The number of carbonyl (C=O) groups is 2. The smallest absolute Gasteiger partial charge is 0.253 e. The molecule has 2 aromatic rings. The van der Waals surface area contributed by atoms with Crippen molar-refractivity contribution in [3.8, 4) is 5.75 Å². The van der Waals surface area contributed by atoms with E-state index in [1.54, 1.807) is 61.5 Å². The van der Waals surface area contributed by atoms with E-state index < -0.39 is 5.41 Å². The number of methoxy groups -OCH3 is 1. The van der Waals surface area contributed by atoms with E-state index in [-0.39, 0.29) is 11.8 Å². The summed E-state index contributed by atoms with van der Waals surface area (Å²) in [5, 5.41) is 3.43. The monoisotopic (exact) mass is 388 g/mol. The van der Waals surface area contributed by atoms with Gasteiger partial charge in [-0.15, -0.1) is 0 Å². The highest BCUT2D eigenvalue weighted by Gasteiger charge is 2.22. The van der Waals surface area contributed by atoms with E-state index in [4.69, 9.17) is 16.3 Å². The molecular weight excluding hydrogens is 364 g/mol. The Kier molecular flexibility index (Phi) is 6.50. The van der Waals surface area contributed by atoms with Gasteiger partial charge in [-0.1, -0.05) is 38.4 Å². The minimum absolute atomic E-state index is 0.107. The van der Waals surface area contributed by atoms with Crippen molar-refractivity contribution in [3.63, 3.8) is 0 Å². The SMILES string of the molecule is COc1ccc(Cl)cc1CN(C)C(=O)c1cccc(NC(=O)C(C)(C)C)c1. The van der Waals surface area contributed by atoms with Gasteiger partial charge >= 0.3 is 0 Å². The Morgan fingerprint density at radius 3 is 2.48 bits per heavy atom. The van der Waals surface area contributed by atoms with Crippen LogP contribution >= 0.6 is 11.6 Å². The third-order valence-electron chi connectivity index (χ3n) is 4.05. The van der Waals surface area contributed by atoms with E-state index in [1.165, 1.54) is 0 Å². The second-order valence-electron chi connectivity index (χ2n) is 7.40. The van der Waals surface area contributed by atoms with Gasteiger partial charge in [0.05, 0.1) is 7.11 Å². The summed E-state index contributed by atoms with van der Waals surface area (Å²) in [6.45, 7) is 5.86. The van der Waals surface area contributed by atoms with E-state index in [0.29, 0.717) is 28.6 Å². The molecule has 0 unspecified atom stereocenters. The van der Waals surface area contributed by atoms with Gasteiger partial charge in [-0.25, -0.2) is 0 Å². The van der Waals surface area contributed by atoms with Gasteiger partial charge < -0.3 is 15.0 Å². The minimum atomic E-state index is -0.514. The molecule has 0 saturated heterocycles. The standard InChI is InChI=1S/C21H25ClN2O3/c1-21(2,3)20(26)23-17-8-6-7-14(12-17)19(25)24(4)13-15-11-16(22)9-10-18(15)27-5/h6-12H,13H2,1-5H3,(H,23,26). The third kappa shape index (κ3) is 5.47. The minimum Gasteiger partial charge on any atom is -0.496 e. The summed E-state index contributed by atoms with van der Waals surface area (Å²) in [5.41, 5.74) is 1.39. The van der Waals surface area contributed by atoms with Crippen LogP contribution in [0.25, 0.3) is 0 Å². The van der Waals surface area contributed by atoms with Gasteiger partial charge in [-0.2, -0.15) is 0 Å². The van der Waals surface area contributed by atoms with E-state index in [1.807, 2.05) is 20.8 Å². The zero-order valence-electron chi connectivity index (χ0n) is 16.3. The fourth-order valence-electron chi connectivity index (χ4n) is 2.47. The van der Waals surface area contributed by atoms with E-state index in [9.17, 15) is 9.59 Å². The van der Waals surface area contributed by atoms with Crippen LogP contribution in [0.4, 0.5) is 5.69 Å². The van der Waals surface area contributed by atoms with E-state index in [2.05, 4.69) is 5.32 Å². The fourth-order valence-corrected chi connectivity index (χ4v) is 2.66. The first-order chi connectivity index (χ1) is 12.6. The third-order valence-corrected chi connectivity index (χ3v) is 4.28. The maximum atomic E-state index is 12.8. The van der Waals surface area contributed by atoms with Crippen LogP contribution in [-0.4, -0.2) is 30.9 Å². The number of carbonyl (C=O) groups excluding carboxylic acids is 2. The zero-order valence-corrected chi connectivity index (χ0v) is 17.1. The Hall–Kier alpha value is -2.53. The Morgan fingerprint density at radius 1 is 1.15 bits per heavy atom. The molecule has 0 heterocycles. The van der Waals surface area contributed by atoms with Crippen LogP contribution < -0.4 is 10.1 Å². The molecule has 0 aliphatic rings. The lowest BCUT2D eigenvalue weighted by Crippen LogP contribution is -2.28. The summed E-state index contributed by atoms with van der Waals surface area (Å²) < 4.78 is 5.34. The van der Waals surface area contributed by atoms with Crippen molar-refractivity contribution in [2.24, 2.45) is 5.41 Å². The lowest BCUT2D eigenvalue weighted by molar-refractivity contribution is -0.123. The van der Waals surface area contributed by atoms with Gasteiger partial charge in [-0.3, -0.25) is 9.59 Å². The molecule has 27 heavy (non-hydrogen) atoms. The normalized spacial score (nSPS) is 11.0. The number of anilines is 1. The molecule has 2 rings (SSSR count). The summed E-state index contributed by atoms with van der Waals surface area (Å²) in [4.78, 5) is 26.5. The van der Waals surface area contributed by atoms with Crippen molar-refractivity contribution in [1.82, 2.24) is 4.90 Å². The molecule has 0 atom stereocenters. The Balaban J connectivity index is 2.17. The maximum Gasteiger partial charge on any atom is 0.253 e. The molecular formula is C21H25ClN2O3. The van der Waals surface area contributed by atoms with Crippen molar-refractivity contribution in [2.75, 3.05) is 19.5 Å². The zero-order chi connectivity index (χ0) is 20.2. The van der Waals surface area contributed by atoms with Gasteiger partial charge in [-0.05, 0) is 36.4 Å². The number of halogens is 1. The molecule has 0 fully saturated rings. The van der Waals surface area contributed by atoms with Crippen LogP contribution in [-0.2, 0) is 11.3 Å². The summed E-state index contributed by atoms with van der Waals surface area (Å²) in [6, 6.07) is 12.2. The average molecular weight is 389 g/mol. The number of benzene rings is 2. The molecule has 0 aliphatic carbocycles. The Bertz CT molecular complexity index is 844. The predicted molar refractivity (Wildman–Crippen MR) is 108 cm³/mol. The number of ether oxygens (including phenoxy) is 1. The van der Waals surface area contributed by atoms with Crippen LogP contribution in [0.3, 0.4) is 0 Å². The van der Waals surface area contributed by atoms with Crippen LogP contribution in [0.2, 0.25) is 5.02 Å². The molecule has 0 aromatic heterocycles. The number of hydrogen-bond acceptors (Lipinski definition) is 3. The van der Waals surface area contributed by atoms with Crippen LogP contribution in [0, 0.1) is 5.41 Å². The molecule has 0 bridgehead atoms. The van der Waals surface area contributed by atoms with Crippen molar-refractivity contribution < 1.29 is 14.3 Å². The van der Waals surface area contributed by atoms with E-state index >= 15 is 0 Å². The Labute approximate surface area is 165 Å². The maximum absolute atomic E-state index is 12.8. The first-order valence-corrected chi connectivity index (χ1v) is 8.99. The number of rotatable bonds is 5. The molecule has 0 aliphatic heterocycles. The highest BCUT2D eigenvalue weighted by atomic mass is 35.5. The fraction of sp³-hybridized carbons (Fsp3) is 0.333. The summed E-state index contributed by atoms with van der Waals surface area (Å²) in [6.07, 6.45) is 0. The quantitative estimate of drug-likeness (QED) is 0.813. The summed E-state index contributed by atoms with van der Waals surface area (Å²) in [5.74, 6) is 0.401. The molecule has 2 aromatic carbocycles. The van der Waals surface area contributed by atoms with Gasteiger partial charge in [0, 0.05) is 40.8 Å². The molecule has 6 heteroatoms. The topological polar surface area (TPSA) is 58.6 Å². The number of amides is 2. The highest BCUT2D eigenvalue weighted by Crippen LogP contribution is 2.25. The summed E-state index contributed by atoms with van der Waals surface area (Å²) >= 11 is 6.06. The molecule has 1 N–H and O–H groups in total. The van der Waals surface area contributed by atoms with Crippen LogP contribution in [0.15, 0.2) is 42.5 Å². The molecule has 144 valence electrons. The molecule has 0 radical (unpaired) electrons. The first kappa shape index (κ1) is 20.8. The number of nitrogens with zero attached hydrogens (tertiary/aromatic N) is 1. The van der Waals surface area contributed by atoms with E-state index in [0.717, 1.165) is 5.56 Å². The Morgan fingerprint density at radius 2 is 1.85 bits per heavy atom. The van der Waals surface area contributed by atoms with Crippen molar-refractivity contribution >= 4 is 29.1 Å². The number of nitrogens with one attached hydrogen (secondary N) is 1. The molecule has 5 nitrogen and oxygen atoms in total. The summed E-state index contributed by atoms with van der Waals surface area (Å²) in [7, 11) is 3.29. The second-order valence-corrected chi connectivity index (χ2v) is 7.84. The van der Waals surface area contributed by atoms with Gasteiger partial charge in [0.1, 0.15) is 5.75 Å². The first-order valence-electron chi connectivity index (χ1n) is 8.61. The van der Waals surface area contributed by atoms with Crippen molar-refractivity contribution in [2.45, 2.75) is 27.3 Å². The van der Waals surface area contributed by atoms with Gasteiger partial charge in [0.25, 0.3) is 5.91 Å². The van der Waals surface area contributed by atoms with Crippen LogP contribution in [0.1, 0.15) is 36.7 Å². The molecule has 2 amide bonds. The predicted octanol–water partition coefficient (Wildman–Crippen LogP) is 4.61. The lowest BCUT2D eigenvalue weighted by Gasteiger charge is -2.20. The second kappa shape index (κ2) is 8.44. The highest BCUT2D eigenvalue weighted by molar-refractivity contribution is 6.30. The van der Waals surface area contributed by atoms with Gasteiger partial charge in [0.2, 0.25) is 5.91 Å². The van der Waals surface area contributed by atoms with Crippen LogP contribution in [0.5, 0.6) is 5.75 Å². The lowest BCUT2D eigenvalue weighted by atomic mass is 9.95. The molecule has 0 saturated carbocycles. The molecule has 0 spiro atoms. The van der Waals surface area contributed by atoms with Gasteiger partial charge in [0.15, 0.2) is 0 Å².